The number of nitrogens with one attached hydrogen (secondary N) is 1. The highest BCUT2D eigenvalue weighted by atomic mass is 32.1. The van der Waals surface area contributed by atoms with E-state index in [0.717, 1.165) is 18.6 Å². The van der Waals surface area contributed by atoms with Crippen molar-refractivity contribution in [3.8, 4) is 5.75 Å². The maximum absolute atomic E-state index is 12.4. The molecule has 2 heterocycles. The average Bonchev–Trinajstić information content (AvgIpc) is 3.18. The number of nitrogens with zero attached hydrogens (tertiary/aromatic N) is 1. The van der Waals surface area contributed by atoms with Gasteiger partial charge in [-0.25, -0.2) is 0 Å². The Balaban J connectivity index is 1.63. The van der Waals surface area contributed by atoms with Crippen LogP contribution in [-0.2, 0) is 11.4 Å². The lowest BCUT2D eigenvalue weighted by atomic mass is 10.3. The summed E-state index contributed by atoms with van der Waals surface area (Å²) in [6.45, 7) is 3.04. The molecule has 0 spiro atoms. The first kappa shape index (κ1) is 17.2. The Hall–Kier alpha value is -2.60. The molecule has 1 aliphatic rings. The molecule has 0 unspecified atom stereocenters. The van der Waals surface area contributed by atoms with E-state index in [-0.39, 0.29) is 5.91 Å². The number of furan rings is 1. The molecule has 2 aromatic rings. The van der Waals surface area contributed by atoms with Crippen LogP contribution in [0.5, 0.6) is 5.75 Å². The summed E-state index contributed by atoms with van der Waals surface area (Å²) in [7, 11) is 0. The van der Waals surface area contributed by atoms with Crippen molar-refractivity contribution in [2.24, 2.45) is 0 Å². The molecule has 25 heavy (non-hydrogen) atoms. The Bertz CT molecular complexity index is 783. The standard InChI is InChI=1S/C19H20N2O3S/c1-2-3-11-21-18(22)17(20-19(21)25)12-15-9-10-16(24-15)13-23-14-7-5-4-6-8-14/h4-10,12H,2-3,11,13H2,1H3,(H,20,25)/b17-12+. The van der Waals surface area contributed by atoms with Gasteiger partial charge in [-0.3, -0.25) is 9.69 Å². The number of benzene rings is 1. The van der Waals surface area contributed by atoms with Crippen LogP contribution in [-0.4, -0.2) is 22.5 Å². The van der Waals surface area contributed by atoms with E-state index < -0.39 is 0 Å². The van der Waals surface area contributed by atoms with Crippen LogP contribution in [0.2, 0.25) is 0 Å². The first-order valence-electron chi connectivity index (χ1n) is 8.28. The normalized spacial score (nSPS) is 15.7. The monoisotopic (exact) mass is 356 g/mol. The fourth-order valence-electron chi connectivity index (χ4n) is 2.45. The Labute approximate surface area is 152 Å². The number of carbonyl (C=O) groups excluding carboxylic acids is 1. The minimum absolute atomic E-state index is 0.114. The van der Waals surface area contributed by atoms with Crippen molar-refractivity contribution in [3.05, 3.63) is 59.7 Å². The Morgan fingerprint density at radius 3 is 2.80 bits per heavy atom. The van der Waals surface area contributed by atoms with Crippen LogP contribution in [0.4, 0.5) is 0 Å². The molecule has 1 aromatic heterocycles. The molecule has 1 fully saturated rings. The molecule has 0 bridgehead atoms. The lowest BCUT2D eigenvalue weighted by molar-refractivity contribution is -0.122. The van der Waals surface area contributed by atoms with E-state index in [9.17, 15) is 4.79 Å². The van der Waals surface area contributed by atoms with Gasteiger partial charge in [0.05, 0.1) is 0 Å². The number of thiocarbonyl (C=S) groups is 1. The van der Waals surface area contributed by atoms with Crippen LogP contribution in [0.3, 0.4) is 0 Å². The molecule has 0 radical (unpaired) electrons. The summed E-state index contributed by atoms with van der Waals surface area (Å²) in [6, 6.07) is 13.2. The highest BCUT2D eigenvalue weighted by molar-refractivity contribution is 7.80. The number of para-hydroxylation sites is 1. The molecule has 0 saturated carbocycles. The second-order valence-corrected chi connectivity index (χ2v) is 6.09. The summed E-state index contributed by atoms with van der Waals surface area (Å²) in [5.74, 6) is 1.94. The van der Waals surface area contributed by atoms with E-state index in [1.165, 1.54) is 0 Å². The van der Waals surface area contributed by atoms with Gasteiger partial charge in [0.1, 0.15) is 29.6 Å². The van der Waals surface area contributed by atoms with Crippen molar-refractivity contribution in [3.63, 3.8) is 0 Å². The average molecular weight is 356 g/mol. The Morgan fingerprint density at radius 2 is 2.04 bits per heavy atom. The highest BCUT2D eigenvalue weighted by Crippen LogP contribution is 2.18. The summed E-state index contributed by atoms with van der Waals surface area (Å²) in [5.41, 5.74) is 0.436. The van der Waals surface area contributed by atoms with E-state index in [4.69, 9.17) is 21.4 Å². The van der Waals surface area contributed by atoms with Crippen LogP contribution in [0, 0.1) is 0 Å². The summed E-state index contributed by atoms with van der Waals surface area (Å²) in [6.07, 6.45) is 3.60. The van der Waals surface area contributed by atoms with Gasteiger partial charge in [-0.15, -0.1) is 0 Å². The lowest BCUT2D eigenvalue weighted by Gasteiger charge is -2.12. The van der Waals surface area contributed by atoms with Gasteiger partial charge in [-0.2, -0.15) is 0 Å². The zero-order chi connectivity index (χ0) is 17.6. The van der Waals surface area contributed by atoms with Gasteiger partial charge >= 0.3 is 0 Å². The van der Waals surface area contributed by atoms with Crippen LogP contribution < -0.4 is 10.1 Å². The maximum atomic E-state index is 12.4. The third kappa shape index (κ3) is 4.28. The molecule has 0 atom stereocenters. The molecular weight excluding hydrogens is 336 g/mol. The van der Waals surface area contributed by atoms with Crippen molar-refractivity contribution >= 4 is 29.3 Å². The smallest absolute Gasteiger partial charge is 0.276 e. The molecule has 3 rings (SSSR count). The Kier molecular flexibility index (Phi) is 5.50. The molecule has 1 saturated heterocycles. The number of rotatable bonds is 7. The van der Waals surface area contributed by atoms with E-state index in [1.807, 2.05) is 42.5 Å². The number of unbranched alkanes of at least 4 members (excludes halogenated alkanes) is 1. The van der Waals surface area contributed by atoms with E-state index in [0.29, 0.717) is 35.5 Å². The van der Waals surface area contributed by atoms with Crippen molar-refractivity contribution < 1.29 is 13.9 Å². The molecule has 5 nitrogen and oxygen atoms in total. The van der Waals surface area contributed by atoms with Crippen molar-refractivity contribution in [2.75, 3.05) is 6.54 Å². The predicted molar refractivity (Wildman–Crippen MR) is 99.8 cm³/mol. The van der Waals surface area contributed by atoms with Gasteiger partial charge in [0.15, 0.2) is 5.11 Å². The number of hydrogen-bond donors (Lipinski definition) is 1. The van der Waals surface area contributed by atoms with E-state index in [1.54, 1.807) is 11.0 Å². The minimum atomic E-state index is -0.114. The zero-order valence-electron chi connectivity index (χ0n) is 14.0. The summed E-state index contributed by atoms with van der Waals surface area (Å²) >= 11 is 5.23. The molecule has 130 valence electrons. The first-order valence-corrected chi connectivity index (χ1v) is 8.69. The lowest BCUT2D eigenvalue weighted by Crippen LogP contribution is -2.31. The van der Waals surface area contributed by atoms with Gasteiger partial charge in [0.2, 0.25) is 0 Å². The Morgan fingerprint density at radius 1 is 1.24 bits per heavy atom. The fraction of sp³-hybridized carbons (Fsp3) is 0.263. The molecule has 1 amide bonds. The van der Waals surface area contributed by atoms with Gasteiger partial charge in [-0.1, -0.05) is 31.5 Å². The largest absolute Gasteiger partial charge is 0.486 e. The third-order valence-corrected chi connectivity index (χ3v) is 4.11. The quantitative estimate of drug-likeness (QED) is 0.605. The third-order valence-electron chi connectivity index (χ3n) is 3.79. The topological polar surface area (TPSA) is 54.7 Å². The van der Waals surface area contributed by atoms with Crippen LogP contribution in [0.15, 0.2) is 52.6 Å². The van der Waals surface area contributed by atoms with Crippen molar-refractivity contribution in [2.45, 2.75) is 26.4 Å². The van der Waals surface area contributed by atoms with Crippen molar-refractivity contribution in [1.82, 2.24) is 10.2 Å². The minimum Gasteiger partial charge on any atom is -0.486 e. The molecule has 0 aliphatic carbocycles. The fourth-order valence-corrected chi connectivity index (χ4v) is 2.74. The maximum Gasteiger partial charge on any atom is 0.276 e. The molecule has 1 aromatic carbocycles. The first-order chi connectivity index (χ1) is 12.2. The second-order valence-electron chi connectivity index (χ2n) is 5.70. The van der Waals surface area contributed by atoms with E-state index in [2.05, 4.69) is 12.2 Å². The zero-order valence-corrected chi connectivity index (χ0v) is 14.8. The summed E-state index contributed by atoms with van der Waals surface area (Å²) in [5, 5.41) is 3.40. The number of carbonyl (C=O) groups is 1. The van der Waals surface area contributed by atoms with E-state index >= 15 is 0 Å². The van der Waals surface area contributed by atoms with Gasteiger partial charge in [0, 0.05) is 12.6 Å². The molecule has 1 N–H and O–H groups in total. The van der Waals surface area contributed by atoms with Gasteiger partial charge < -0.3 is 14.5 Å². The highest BCUT2D eigenvalue weighted by Gasteiger charge is 2.30. The number of amides is 1. The summed E-state index contributed by atoms with van der Waals surface area (Å²) < 4.78 is 11.4. The van der Waals surface area contributed by atoms with Gasteiger partial charge in [0.25, 0.3) is 5.91 Å². The molecule has 1 aliphatic heterocycles. The SMILES string of the molecule is CCCCN1C(=O)/C(=C\c2ccc(COc3ccccc3)o2)NC1=S. The van der Waals surface area contributed by atoms with Crippen LogP contribution in [0.25, 0.3) is 6.08 Å². The number of hydrogen-bond acceptors (Lipinski definition) is 4. The van der Waals surface area contributed by atoms with Crippen LogP contribution in [0.1, 0.15) is 31.3 Å². The number of ether oxygens (including phenoxy) is 1. The predicted octanol–water partition coefficient (Wildman–Crippen LogP) is 3.72. The van der Waals surface area contributed by atoms with Crippen LogP contribution >= 0.6 is 12.2 Å². The second kappa shape index (κ2) is 7.98. The molecule has 6 heteroatoms. The van der Waals surface area contributed by atoms with Gasteiger partial charge in [-0.05, 0) is 42.9 Å². The molecular formula is C19H20N2O3S. The summed E-state index contributed by atoms with van der Waals surface area (Å²) in [4.78, 5) is 14.0. The van der Waals surface area contributed by atoms with Crippen molar-refractivity contribution in [1.29, 1.82) is 0 Å².